The minimum Gasteiger partial charge on any atom is -0.465 e. The Labute approximate surface area is 145 Å². The second-order valence-corrected chi connectivity index (χ2v) is 5.31. The van der Waals surface area contributed by atoms with E-state index in [1.54, 1.807) is 30.3 Å². The molecule has 0 radical (unpaired) electrons. The summed E-state index contributed by atoms with van der Waals surface area (Å²) < 4.78 is 9.96. The smallest absolute Gasteiger partial charge is 0.341 e. The third-order valence-electron chi connectivity index (χ3n) is 3.73. The third-order valence-corrected chi connectivity index (χ3v) is 3.73. The van der Waals surface area contributed by atoms with Crippen LogP contribution in [0.2, 0.25) is 0 Å². The molecule has 3 rings (SSSR count). The Morgan fingerprint density at radius 3 is 2.44 bits per heavy atom. The molecule has 0 unspecified atom stereocenters. The van der Waals surface area contributed by atoms with E-state index in [2.05, 4.69) is 4.74 Å². The molecule has 0 aliphatic rings. The van der Waals surface area contributed by atoms with Crippen molar-refractivity contribution in [1.82, 2.24) is 0 Å². The van der Waals surface area contributed by atoms with Crippen LogP contribution in [0, 0.1) is 0 Å². The summed E-state index contributed by atoms with van der Waals surface area (Å²) in [5.74, 6) is -0.951. The number of hydrogen-bond donors (Lipinski definition) is 0. The number of fused-ring (bicyclic) bond motifs is 1. The predicted octanol–water partition coefficient (Wildman–Crippen LogP) is 4.25. The highest BCUT2D eigenvalue weighted by molar-refractivity contribution is 5.97. The van der Waals surface area contributed by atoms with E-state index in [0.717, 1.165) is 16.3 Å². The highest BCUT2D eigenvalue weighted by atomic mass is 16.5. The van der Waals surface area contributed by atoms with Gasteiger partial charge in [-0.2, -0.15) is 0 Å². The SMILES string of the molecule is COC(=O)c1ccccc1OC(=O)/C=C/c1cccc2ccccc12. The molecule has 4 nitrogen and oxygen atoms in total. The lowest BCUT2D eigenvalue weighted by molar-refractivity contribution is -0.128. The Bertz CT molecular complexity index is 952. The first-order chi connectivity index (χ1) is 12.2. The maximum atomic E-state index is 12.1. The van der Waals surface area contributed by atoms with Crippen molar-refractivity contribution in [3.8, 4) is 5.75 Å². The van der Waals surface area contributed by atoms with Crippen molar-refractivity contribution in [2.75, 3.05) is 7.11 Å². The van der Waals surface area contributed by atoms with Crippen LogP contribution in [0.1, 0.15) is 15.9 Å². The zero-order valence-electron chi connectivity index (χ0n) is 13.6. The van der Waals surface area contributed by atoms with Gasteiger partial charge in [0.1, 0.15) is 11.3 Å². The molecule has 0 heterocycles. The number of carbonyl (C=O) groups excluding carboxylic acids is 2. The predicted molar refractivity (Wildman–Crippen MR) is 96.4 cm³/mol. The number of para-hydroxylation sites is 1. The van der Waals surface area contributed by atoms with E-state index in [0.29, 0.717) is 0 Å². The molecule has 4 heteroatoms. The second kappa shape index (κ2) is 7.45. The molecule has 0 aromatic heterocycles. The first-order valence-electron chi connectivity index (χ1n) is 7.74. The van der Waals surface area contributed by atoms with E-state index in [1.807, 2.05) is 42.5 Å². The van der Waals surface area contributed by atoms with Gasteiger partial charge in [0, 0.05) is 6.08 Å². The van der Waals surface area contributed by atoms with E-state index in [1.165, 1.54) is 13.2 Å². The Kier molecular flexibility index (Phi) is 4.90. The van der Waals surface area contributed by atoms with Gasteiger partial charge < -0.3 is 9.47 Å². The standard InChI is InChI=1S/C21H16O4/c1-24-21(23)18-11-4-5-12-19(18)25-20(22)14-13-16-9-6-8-15-7-2-3-10-17(15)16/h2-14H,1H3/b14-13+. The normalized spacial score (nSPS) is 10.8. The van der Waals surface area contributed by atoms with Crippen LogP contribution in [0.5, 0.6) is 5.75 Å². The van der Waals surface area contributed by atoms with E-state index in [-0.39, 0.29) is 11.3 Å². The summed E-state index contributed by atoms with van der Waals surface area (Å²) in [6.45, 7) is 0. The molecule has 0 aliphatic heterocycles. The van der Waals surface area contributed by atoms with E-state index >= 15 is 0 Å². The summed E-state index contributed by atoms with van der Waals surface area (Å²) in [4.78, 5) is 23.8. The van der Waals surface area contributed by atoms with E-state index < -0.39 is 11.9 Å². The van der Waals surface area contributed by atoms with Crippen LogP contribution in [0.3, 0.4) is 0 Å². The number of hydrogen-bond acceptors (Lipinski definition) is 4. The molecule has 0 saturated heterocycles. The van der Waals surface area contributed by atoms with Crippen molar-refractivity contribution < 1.29 is 19.1 Å². The van der Waals surface area contributed by atoms with Gasteiger partial charge in [0.25, 0.3) is 0 Å². The van der Waals surface area contributed by atoms with Gasteiger partial charge in [-0.1, -0.05) is 54.6 Å². The molecule has 124 valence electrons. The van der Waals surface area contributed by atoms with E-state index in [4.69, 9.17) is 4.74 Å². The number of ether oxygens (including phenoxy) is 2. The number of methoxy groups -OCH3 is 1. The summed E-state index contributed by atoms with van der Waals surface area (Å²) >= 11 is 0. The summed E-state index contributed by atoms with van der Waals surface area (Å²) in [5.41, 5.74) is 1.12. The third kappa shape index (κ3) is 3.75. The van der Waals surface area contributed by atoms with Gasteiger partial charge >= 0.3 is 11.9 Å². The van der Waals surface area contributed by atoms with Crippen molar-refractivity contribution >= 4 is 28.8 Å². The molecule has 0 bridgehead atoms. The van der Waals surface area contributed by atoms with Gasteiger partial charge in [-0.15, -0.1) is 0 Å². The fourth-order valence-electron chi connectivity index (χ4n) is 2.53. The number of carbonyl (C=O) groups is 2. The van der Waals surface area contributed by atoms with Gasteiger partial charge in [-0.3, -0.25) is 0 Å². The highest BCUT2D eigenvalue weighted by Crippen LogP contribution is 2.21. The van der Waals surface area contributed by atoms with Crippen LogP contribution in [-0.4, -0.2) is 19.0 Å². The maximum absolute atomic E-state index is 12.1. The zero-order valence-corrected chi connectivity index (χ0v) is 13.6. The minimum absolute atomic E-state index is 0.168. The lowest BCUT2D eigenvalue weighted by atomic mass is 10.0. The lowest BCUT2D eigenvalue weighted by Crippen LogP contribution is -2.09. The van der Waals surface area contributed by atoms with Crippen molar-refractivity contribution in [2.45, 2.75) is 0 Å². The molecule has 0 N–H and O–H groups in total. The van der Waals surface area contributed by atoms with Gasteiger partial charge in [0.05, 0.1) is 7.11 Å². The zero-order chi connectivity index (χ0) is 17.6. The molecule has 0 saturated carbocycles. The molecule has 0 spiro atoms. The van der Waals surface area contributed by atoms with Crippen LogP contribution in [0.4, 0.5) is 0 Å². The van der Waals surface area contributed by atoms with Gasteiger partial charge in [0.15, 0.2) is 0 Å². The molecule has 25 heavy (non-hydrogen) atoms. The first kappa shape index (κ1) is 16.5. The monoisotopic (exact) mass is 332 g/mol. The molecular formula is C21H16O4. The number of rotatable bonds is 4. The summed E-state index contributed by atoms with van der Waals surface area (Å²) in [6, 6.07) is 20.2. The molecular weight excluding hydrogens is 316 g/mol. The quantitative estimate of drug-likeness (QED) is 0.407. The fourth-order valence-corrected chi connectivity index (χ4v) is 2.53. The average Bonchev–Trinajstić information content (AvgIpc) is 2.66. The molecule has 0 atom stereocenters. The van der Waals surface area contributed by atoms with Crippen LogP contribution in [0.15, 0.2) is 72.8 Å². The average molecular weight is 332 g/mol. The lowest BCUT2D eigenvalue weighted by Gasteiger charge is -2.07. The van der Waals surface area contributed by atoms with Crippen LogP contribution in [-0.2, 0) is 9.53 Å². The Morgan fingerprint density at radius 2 is 1.60 bits per heavy atom. The van der Waals surface area contributed by atoms with E-state index in [9.17, 15) is 9.59 Å². The minimum atomic E-state index is -0.565. The summed E-state index contributed by atoms with van der Waals surface area (Å²) in [6.07, 6.45) is 3.04. The largest absolute Gasteiger partial charge is 0.465 e. The van der Waals surface area contributed by atoms with Gasteiger partial charge in [0.2, 0.25) is 0 Å². The van der Waals surface area contributed by atoms with Crippen LogP contribution in [0.25, 0.3) is 16.8 Å². The Balaban J connectivity index is 1.81. The molecule has 0 aliphatic carbocycles. The summed E-state index contributed by atoms with van der Waals surface area (Å²) in [5, 5.41) is 2.14. The van der Waals surface area contributed by atoms with Crippen molar-refractivity contribution in [3.63, 3.8) is 0 Å². The molecule has 3 aromatic carbocycles. The van der Waals surface area contributed by atoms with Crippen LogP contribution < -0.4 is 4.74 Å². The number of benzene rings is 3. The van der Waals surface area contributed by atoms with Crippen LogP contribution >= 0.6 is 0 Å². The number of esters is 2. The fraction of sp³-hybridized carbons (Fsp3) is 0.0476. The maximum Gasteiger partial charge on any atom is 0.341 e. The molecule has 0 amide bonds. The van der Waals surface area contributed by atoms with Crippen molar-refractivity contribution in [2.24, 2.45) is 0 Å². The Morgan fingerprint density at radius 1 is 0.880 bits per heavy atom. The Hall–Kier alpha value is -3.40. The second-order valence-electron chi connectivity index (χ2n) is 5.31. The molecule has 0 fully saturated rings. The highest BCUT2D eigenvalue weighted by Gasteiger charge is 2.14. The first-order valence-corrected chi connectivity index (χ1v) is 7.74. The van der Waals surface area contributed by atoms with Crippen molar-refractivity contribution in [1.29, 1.82) is 0 Å². The van der Waals surface area contributed by atoms with Gasteiger partial charge in [-0.25, -0.2) is 9.59 Å². The summed E-state index contributed by atoms with van der Waals surface area (Å²) in [7, 11) is 1.28. The molecule has 3 aromatic rings. The topological polar surface area (TPSA) is 52.6 Å². The van der Waals surface area contributed by atoms with Gasteiger partial charge in [-0.05, 0) is 34.5 Å². The van der Waals surface area contributed by atoms with Crippen molar-refractivity contribution in [3.05, 3.63) is 83.9 Å².